The summed E-state index contributed by atoms with van der Waals surface area (Å²) in [6.07, 6.45) is 9.34. The average molecular weight is 342 g/mol. The molecule has 3 rings (SSSR count). The van der Waals surface area contributed by atoms with Gasteiger partial charge in [-0.15, -0.1) is 0 Å². The molecule has 1 aliphatic heterocycles. The van der Waals surface area contributed by atoms with Crippen molar-refractivity contribution >= 4 is 11.9 Å². The molecular weight excluding hydrogens is 316 g/mol. The summed E-state index contributed by atoms with van der Waals surface area (Å²) < 4.78 is 1.86. The van der Waals surface area contributed by atoms with Gasteiger partial charge >= 0.3 is 0 Å². The minimum atomic E-state index is -0.137. The SMILES string of the molecule is Cc1cc(C(=O)NCCCn2cccn2)nc(N2CCCCCC2)n1. The van der Waals surface area contributed by atoms with Gasteiger partial charge in [-0.25, -0.2) is 9.97 Å². The fourth-order valence-corrected chi connectivity index (χ4v) is 3.05. The van der Waals surface area contributed by atoms with E-state index in [-0.39, 0.29) is 5.91 Å². The number of hydrogen-bond acceptors (Lipinski definition) is 5. The van der Waals surface area contributed by atoms with E-state index in [2.05, 4.69) is 25.3 Å². The molecule has 7 heteroatoms. The zero-order valence-corrected chi connectivity index (χ0v) is 14.8. The Morgan fingerprint density at radius 3 is 2.72 bits per heavy atom. The van der Waals surface area contributed by atoms with Crippen LogP contribution in [0.15, 0.2) is 24.5 Å². The highest BCUT2D eigenvalue weighted by Crippen LogP contribution is 2.16. The summed E-state index contributed by atoms with van der Waals surface area (Å²) in [5.74, 6) is 0.547. The molecule has 2 aromatic rings. The smallest absolute Gasteiger partial charge is 0.270 e. The molecule has 0 unspecified atom stereocenters. The zero-order chi connectivity index (χ0) is 17.5. The largest absolute Gasteiger partial charge is 0.351 e. The molecule has 1 fully saturated rings. The molecule has 1 amide bonds. The summed E-state index contributed by atoms with van der Waals surface area (Å²) in [5, 5.41) is 7.09. The Bertz CT molecular complexity index is 677. The zero-order valence-electron chi connectivity index (χ0n) is 14.8. The monoisotopic (exact) mass is 342 g/mol. The Morgan fingerprint density at radius 2 is 2.00 bits per heavy atom. The van der Waals surface area contributed by atoms with Crippen LogP contribution in [0.5, 0.6) is 0 Å². The van der Waals surface area contributed by atoms with Crippen molar-refractivity contribution in [3.63, 3.8) is 0 Å². The number of carbonyl (C=O) groups excluding carboxylic acids is 1. The maximum Gasteiger partial charge on any atom is 0.270 e. The van der Waals surface area contributed by atoms with Crippen molar-refractivity contribution in [2.24, 2.45) is 0 Å². The average Bonchev–Trinajstić information content (AvgIpc) is 2.98. The van der Waals surface area contributed by atoms with Gasteiger partial charge in [-0.2, -0.15) is 5.10 Å². The van der Waals surface area contributed by atoms with Crippen LogP contribution in [0.4, 0.5) is 5.95 Å². The number of hydrogen-bond donors (Lipinski definition) is 1. The first kappa shape index (κ1) is 17.4. The van der Waals surface area contributed by atoms with Gasteiger partial charge in [0.1, 0.15) is 5.69 Å². The second-order valence-electron chi connectivity index (χ2n) is 6.47. The Balaban J connectivity index is 1.57. The van der Waals surface area contributed by atoms with Gasteiger partial charge in [0.15, 0.2) is 0 Å². The number of amides is 1. The van der Waals surface area contributed by atoms with Crippen molar-refractivity contribution in [2.45, 2.75) is 45.6 Å². The summed E-state index contributed by atoms with van der Waals surface area (Å²) >= 11 is 0. The molecule has 3 heterocycles. The first-order valence-corrected chi connectivity index (χ1v) is 9.08. The molecule has 0 aliphatic carbocycles. The van der Waals surface area contributed by atoms with Gasteiger partial charge in [0, 0.05) is 44.3 Å². The highest BCUT2D eigenvalue weighted by atomic mass is 16.1. The normalized spacial score (nSPS) is 15.0. The standard InChI is InChI=1S/C18H26N6O/c1-15-14-16(17(25)19-8-6-12-24-13-7-9-20-24)22-18(21-15)23-10-4-2-3-5-11-23/h7,9,13-14H,2-6,8,10-12H2,1H3,(H,19,25). The molecule has 134 valence electrons. The second kappa shape index (κ2) is 8.60. The van der Waals surface area contributed by atoms with Crippen molar-refractivity contribution in [1.82, 2.24) is 25.1 Å². The number of anilines is 1. The molecule has 7 nitrogen and oxygen atoms in total. The van der Waals surface area contributed by atoms with E-state index in [1.54, 1.807) is 12.3 Å². The highest BCUT2D eigenvalue weighted by molar-refractivity contribution is 5.92. The molecule has 25 heavy (non-hydrogen) atoms. The van der Waals surface area contributed by atoms with Gasteiger partial charge < -0.3 is 10.2 Å². The third kappa shape index (κ3) is 5.01. The molecule has 0 aromatic carbocycles. The lowest BCUT2D eigenvalue weighted by molar-refractivity contribution is 0.0947. The second-order valence-corrected chi connectivity index (χ2v) is 6.47. The summed E-state index contributed by atoms with van der Waals surface area (Å²) in [7, 11) is 0. The van der Waals surface area contributed by atoms with Crippen molar-refractivity contribution in [2.75, 3.05) is 24.5 Å². The molecule has 2 aromatic heterocycles. The van der Waals surface area contributed by atoms with Crippen LogP contribution in [-0.4, -0.2) is 45.3 Å². The molecule has 0 spiro atoms. The fraction of sp³-hybridized carbons (Fsp3) is 0.556. The lowest BCUT2D eigenvalue weighted by atomic mass is 10.2. The van der Waals surface area contributed by atoms with Gasteiger partial charge in [-0.05, 0) is 38.3 Å². The molecular formula is C18H26N6O. The summed E-state index contributed by atoms with van der Waals surface area (Å²) in [4.78, 5) is 23.7. The number of nitrogens with zero attached hydrogens (tertiary/aromatic N) is 5. The first-order valence-electron chi connectivity index (χ1n) is 9.08. The van der Waals surface area contributed by atoms with E-state index >= 15 is 0 Å². The van der Waals surface area contributed by atoms with Crippen LogP contribution in [0.25, 0.3) is 0 Å². The number of carbonyl (C=O) groups is 1. The van der Waals surface area contributed by atoms with E-state index < -0.39 is 0 Å². The lowest BCUT2D eigenvalue weighted by Gasteiger charge is -2.21. The van der Waals surface area contributed by atoms with Gasteiger partial charge in [0.25, 0.3) is 5.91 Å². The van der Waals surface area contributed by atoms with Crippen LogP contribution >= 0.6 is 0 Å². The molecule has 0 bridgehead atoms. The Hall–Kier alpha value is -2.44. The minimum absolute atomic E-state index is 0.137. The fourth-order valence-electron chi connectivity index (χ4n) is 3.05. The van der Waals surface area contributed by atoms with E-state index in [0.717, 1.165) is 44.6 Å². The number of aromatic nitrogens is 4. The van der Waals surface area contributed by atoms with Crippen molar-refractivity contribution in [3.05, 3.63) is 35.9 Å². The van der Waals surface area contributed by atoms with Crippen LogP contribution in [0, 0.1) is 6.92 Å². The van der Waals surface area contributed by atoms with Crippen LogP contribution in [-0.2, 0) is 6.54 Å². The van der Waals surface area contributed by atoms with E-state index in [1.807, 2.05) is 23.9 Å². The number of aryl methyl sites for hydroxylation is 2. The van der Waals surface area contributed by atoms with Gasteiger partial charge in [-0.3, -0.25) is 9.48 Å². The molecule has 1 N–H and O–H groups in total. The third-order valence-corrected chi connectivity index (χ3v) is 4.37. The predicted octanol–water partition coefficient (Wildman–Crippen LogP) is 2.18. The molecule has 1 aliphatic rings. The van der Waals surface area contributed by atoms with Crippen LogP contribution in [0.1, 0.15) is 48.3 Å². The lowest BCUT2D eigenvalue weighted by Crippen LogP contribution is -2.30. The topological polar surface area (TPSA) is 75.9 Å². The predicted molar refractivity (Wildman–Crippen MR) is 96.6 cm³/mol. The van der Waals surface area contributed by atoms with Crippen molar-refractivity contribution in [1.29, 1.82) is 0 Å². The van der Waals surface area contributed by atoms with Crippen LogP contribution in [0.2, 0.25) is 0 Å². The Labute approximate surface area is 148 Å². The third-order valence-electron chi connectivity index (χ3n) is 4.37. The van der Waals surface area contributed by atoms with E-state index in [0.29, 0.717) is 18.2 Å². The van der Waals surface area contributed by atoms with E-state index in [9.17, 15) is 4.79 Å². The maximum atomic E-state index is 12.4. The van der Waals surface area contributed by atoms with Gasteiger partial charge in [0.2, 0.25) is 5.95 Å². The molecule has 0 radical (unpaired) electrons. The van der Waals surface area contributed by atoms with Crippen LogP contribution < -0.4 is 10.2 Å². The molecule has 0 saturated carbocycles. The van der Waals surface area contributed by atoms with E-state index in [4.69, 9.17) is 0 Å². The van der Waals surface area contributed by atoms with Crippen molar-refractivity contribution < 1.29 is 4.79 Å². The highest BCUT2D eigenvalue weighted by Gasteiger charge is 2.16. The van der Waals surface area contributed by atoms with Crippen molar-refractivity contribution in [3.8, 4) is 0 Å². The maximum absolute atomic E-state index is 12.4. The van der Waals surface area contributed by atoms with Crippen LogP contribution in [0.3, 0.4) is 0 Å². The summed E-state index contributed by atoms with van der Waals surface area (Å²) in [5.41, 5.74) is 1.28. The summed E-state index contributed by atoms with van der Waals surface area (Å²) in [6, 6.07) is 3.65. The molecule has 1 saturated heterocycles. The Morgan fingerprint density at radius 1 is 1.20 bits per heavy atom. The molecule has 0 atom stereocenters. The van der Waals surface area contributed by atoms with Gasteiger partial charge in [-0.1, -0.05) is 12.8 Å². The Kier molecular flexibility index (Phi) is 5.98. The van der Waals surface area contributed by atoms with Gasteiger partial charge in [0.05, 0.1) is 0 Å². The number of rotatable bonds is 6. The number of nitrogens with one attached hydrogen (secondary N) is 1. The quantitative estimate of drug-likeness (QED) is 0.814. The summed E-state index contributed by atoms with van der Waals surface area (Å²) in [6.45, 7) is 5.23. The van der Waals surface area contributed by atoms with E-state index in [1.165, 1.54) is 12.8 Å². The first-order chi connectivity index (χ1) is 12.2. The minimum Gasteiger partial charge on any atom is -0.351 e.